The molecule has 1 aromatic rings. The van der Waals surface area contributed by atoms with Crippen molar-refractivity contribution < 1.29 is 4.52 Å². The third kappa shape index (κ3) is 5.87. The van der Waals surface area contributed by atoms with Gasteiger partial charge in [0.2, 0.25) is 5.89 Å². The lowest BCUT2D eigenvalue weighted by atomic mass is 10.1. The van der Waals surface area contributed by atoms with Gasteiger partial charge in [0.05, 0.1) is 5.75 Å². The molecule has 1 aromatic heterocycles. The highest BCUT2D eigenvalue weighted by Gasteiger charge is 2.15. The van der Waals surface area contributed by atoms with Crippen molar-refractivity contribution >= 4 is 11.8 Å². The van der Waals surface area contributed by atoms with Crippen molar-refractivity contribution in [1.82, 2.24) is 15.5 Å². The molecule has 4 nitrogen and oxygen atoms in total. The van der Waals surface area contributed by atoms with E-state index in [4.69, 9.17) is 4.52 Å². The molecular formula is C13H25N3OS. The monoisotopic (exact) mass is 271 g/mol. The molecule has 0 bridgehead atoms. The first-order chi connectivity index (χ1) is 8.44. The quantitative estimate of drug-likeness (QED) is 0.826. The van der Waals surface area contributed by atoms with Crippen molar-refractivity contribution in [2.45, 2.75) is 64.0 Å². The molecule has 0 radical (unpaired) electrons. The Morgan fingerprint density at radius 1 is 1.33 bits per heavy atom. The van der Waals surface area contributed by atoms with Gasteiger partial charge in [0.15, 0.2) is 5.82 Å². The lowest BCUT2D eigenvalue weighted by molar-refractivity contribution is 0.352. The van der Waals surface area contributed by atoms with E-state index in [-0.39, 0.29) is 4.75 Å². The summed E-state index contributed by atoms with van der Waals surface area (Å²) in [7, 11) is 0. The fourth-order valence-corrected chi connectivity index (χ4v) is 2.25. The summed E-state index contributed by atoms with van der Waals surface area (Å²) in [5.41, 5.74) is 0. The van der Waals surface area contributed by atoms with E-state index in [9.17, 15) is 0 Å². The van der Waals surface area contributed by atoms with E-state index in [1.54, 1.807) is 0 Å². The highest BCUT2D eigenvalue weighted by molar-refractivity contribution is 7.99. The Balaban J connectivity index is 2.47. The van der Waals surface area contributed by atoms with Crippen molar-refractivity contribution in [2.75, 3.05) is 6.54 Å². The molecule has 0 saturated carbocycles. The summed E-state index contributed by atoms with van der Waals surface area (Å²) in [5.74, 6) is 2.36. The van der Waals surface area contributed by atoms with Crippen LogP contribution in [0.25, 0.3) is 0 Å². The van der Waals surface area contributed by atoms with Crippen LogP contribution < -0.4 is 5.32 Å². The molecule has 1 unspecified atom stereocenters. The van der Waals surface area contributed by atoms with Gasteiger partial charge >= 0.3 is 0 Å². The van der Waals surface area contributed by atoms with Gasteiger partial charge in [0.1, 0.15) is 0 Å². The third-order valence-electron chi connectivity index (χ3n) is 2.55. The van der Waals surface area contributed by atoms with Crippen LogP contribution in [0.15, 0.2) is 4.52 Å². The topological polar surface area (TPSA) is 51.0 Å². The molecule has 1 rings (SSSR count). The zero-order valence-electron chi connectivity index (χ0n) is 12.1. The zero-order chi connectivity index (χ0) is 13.6. The molecule has 1 heterocycles. The summed E-state index contributed by atoms with van der Waals surface area (Å²) in [5, 5.41) is 7.45. The van der Waals surface area contributed by atoms with Gasteiger partial charge in [-0.3, -0.25) is 0 Å². The van der Waals surface area contributed by atoms with Crippen LogP contribution in [0.5, 0.6) is 0 Å². The van der Waals surface area contributed by atoms with E-state index >= 15 is 0 Å². The number of nitrogens with one attached hydrogen (secondary N) is 1. The Morgan fingerprint density at radius 3 is 2.61 bits per heavy atom. The third-order valence-corrected chi connectivity index (χ3v) is 3.82. The van der Waals surface area contributed by atoms with Crippen LogP contribution >= 0.6 is 11.8 Å². The predicted molar refractivity (Wildman–Crippen MR) is 76.8 cm³/mol. The van der Waals surface area contributed by atoms with E-state index < -0.39 is 0 Å². The molecule has 0 amide bonds. The van der Waals surface area contributed by atoms with Gasteiger partial charge < -0.3 is 9.84 Å². The van der Waals surface area contributed by atoms with Crippen LogP contribution in [0.4, 0.5) is 0 Å². The Bertz CT molecular complexity index is 346. The summed E-state index contributed by atoms with van der Waals surface area (Å²) < 4.78 is 5.53. The highest BCUT2D eigenvalue weighted by atomic mass is 32.2. The molecule has 104 valence electrons. The fourth-order valence-electron chi connectivity index (χ4n) is 1.57. The van der Waals surface area contributed by atoms with Crippen LogP contribution in [0.3, 0.4) is 0 Å². The number of hydrogen-bond donors (Lipinski definition) is 1. The normalized spacial score (nSPS) is 13.8. The number of rotatable bonds is 7. The zero-order valence-corrected chi connectivity index (χ0v) is 12.9. The average molecular weight is 271 g/mol. The molecule has 0 aliphatic rings. The maximum atomic E-state index is 5.29. The van der Waals surface area contributed by atoms with Crippen LogP contribution in [0, 0.1) is 0 Å². The second-order valence-corrected chi connectivity index (χ2v) is 7.17. The number of hydrogen-bond acceptors (Lipinski definition) is 5. The van der Waals surface area contributed by atoms with Gasteiger partial charge in [0, 0.05) is 17.2 Å². The minimum absolute atomic E-state index is 0.233. The number of nitrogens with zero attached hydrogens (tertiary/aromatic N) is 2. The van der Waals surface area contributed by atoms with E-state index in [0.29, 0.717) is 6.04 Å². The Labute approximate surface area is 114 Å². The molecule has 0 aliphatic carbocycles. The number of thioether (sulfide) groups is 1. The highest BCUT2D eigenvalue weighted by Crippen LogP contribution is 2.26. The standard InChI is InChI=1S/C13H25N3OS/c1-6-10(14-7-2)8-12-15-11(16-17-12)9-18-13(3,4)5/h10,14H,6-9H2,1-5H3. The first-order valence-electron chi connectivity index (χ1n) is 6.63. The molecule has 18 heavy (non-hydrogen) atoms. The molecule has 1 atom stereocenters. The summed E-state index contributed by atoms with van der Waals surface area (Å²) in [6.07, 6.45) is 1.89. The van der Waals surface area contributed by atoms with Gasteiger partial charge in [0.25, 0.3) is 0 Å². The smallest absolute Gasteiger partial charge is 0.228 e. The second kappa shape index (κ2) is 7.14. The molecule has 5 heteroatoms. The minimum atomic E-state index is 0.233. The van der Waals surface area contributed by atoms with Crippen molar-refractivity contribution in [3.05, 3.63) is 11.7 Å². The first kappa shape index (κ1) is 15.5. The lowest BCUT2D eigenvalue weighted by Crippen LogP contribution is -2.30. The van der Waals surface area contributed by atoms with E-state index in [0.717, 1.165) is 36.9 Å². The molecule has 0 aromatic carbocycles. The minimum Gasteiger partial charge on any atom is -0.339 e. The Kier molecular flexibility index (Phi) is 6.15. The summed E-state index contributed by atoms with van der Waals surface area (Å²) in [4.78, 5) is 4.44. The maximum absolute atomic E-state index is 5.29. The van der Waals surface area contributed by atoms with Crippen molar-refractivity contribution in [2.24, 2.45) is 0 Å². The van der Waals surface area contributed by atoms with E-state index in [1.807, 2.05) is 11.8 Å². The molecule has 0 aliphatic heterocycles. The number of aromatic nitrogens is 2. The second-order valence-electron chi connectivity index (χ2n) is 5.37. The summed E-state index contributed by atoms with van der Waals surface area (Å²) in [6, 6.07) is 0.429. The lowest BCUT2D eigenvalue weighted by Gasteiger charge is -2.15. The average Bonchev–Trinajstić information content (AvgIpc) is 2.73. The van der Waals surface area contributed by atoms with Gasteiger partial charge in [-0.1, -0.05) is 39.8 Å². The number of likely N-dealkylation sites (N-methyl/N-ethyl adjacent to an activating group) is 1. The van der Waals surface area contributed by atoms with Gasteiger partial charge in [-0.15, -0.1) is 11.8 Å². The first-order valence-corrected chi connectivity index (χ1v) is 7.62. The van der Waals surface area contributed by atoms with Gasteiger partial charge in [-0.05, 0) is 13.0 Å². The van der Waals surface area contributed by atoms with Crippen LogP contribution in [0.1, 0.15) is 52.8 Å². The van der Waals surface area contributed by atoms with E-state index in [1.165, 1.54) is 0 Å². The molecule has 0 saturated heterocycles. The van der Waals surface area contributed by atoms with Crippen LogP contribution in [0.2, 0.25) is 0 Å². The molecule has 0 spiro atoms. The Hall–Kier alpha value is -0.550. The summed E-state index contributed by atoms with van der Waals surface area (Å²) >= 11 is 1.83. The molecular weight excluding hydrogens is 246 g/mol. The van der Waals surface area contributed by atoms with Crippen molar-refractivity contribution in [3.8, 4) is 0 Å². The molecule has 1 N–H and O–H groups in total. The summed E-state index contributed by atoms with van der Waals surface area (Å²) in [6.45, 7) is 11.8. The van der Waals surface area contributed by atoms with Crippen molar-refractivity contribution in [1.29, 1.82) is 0 Å². The van der Waals surface area contributed by atoms with Crippen molar-refractivity contribution in [3.63, 3.8) is 0 Å². The van der Waals surface area contributed by atoms with Gasteiger partial charge in [-0.2, -0.15) is 4.98 Å². The fraction of sp³-hybridized carbons (Fsp3) is 0.846. The largest absolute Gasteiger partial charge is 0.339 e. The Morgan fingerprint density at radius 2 is 2.06 bits per heavy atom. The SMILES string of the molecule is CCNC(CC)Cc1nc(CSC(C)(C)C)no1. The van der Waals surface area contributed by atoms with Crippen LogP contribution in [-0.2, 0) is 12.2 Å². The van der Waals surface area contributed by atoms with Gasteiger partial charge in [-0.25, -0.2) is 0 Å². The molecule has 0 fully saturated rings. The predicted octanol–water partition coefficient (Wildman–Crippen LogP) is 3.03. The maximum Gasteiger partial charge on any atom is 0.228 e. The van der Waals surface area contributed by atoms with E-state index in [2.05, 4.69) is 50.1 Å². The van der Waals surface area contributed by atoms with Crippen LogP contribution in [-0.4, -0.2) is 27.5 Å².